The first kappa shape index (κ1) is 14.6. The highest BCUT2D eigenvalue weighted by Gasteiger charge is 2.31. The van der Waals surface area contributed by atoms with Crippen molar-refractivity contribution in [1.29, 1.82) is 0 Å². The molecule has 0 saturated heterocycles. The Bertz CT molecular complexity index is 493. The van der Waals surface area contributed by atoms with E-state index in [4.69, 9.17) is 4.74 Å². The smallest absolute Gasteiger partial charge is 0.410 e. The van der Waals surface area contributed by atoms with Gasteiger partial charge in [-0.2, -0.15) is 0 Å². The number of fused-ring (bicyclic) bond motifs is 1. The second kappa shape index (κ2) is 5.31. The number of nitrogens with zero attached hydrogens (tertiary/aromatic N) is 1. The predicted octanol–water partition coefficient (Wildman–Crippen LogP) is 4.15. The highest BCUT2D eigenvalue weighted by molar-refractivity contribution is 14.1. The summed E-state index contributed by atoms with van der Waals surface area (Å²) in [6, 6.07) is 6.36. The van der Waals surface area contributed by atoms with Crippen LogP contribution in [0.3, 0.4) is 0 Å². The first-order chi connectivity index (χ1) is 8.79. The number of halogens is 1. The highest BCUT2D eigenvalue weighted by Crippen LogP contribution is 2.32. The third-order valence-corrected chi connectivity index (χ3v) is 4.31. The van der Waals surface area contributed by atoms with E-state index in [9.17, 15) is 4.79 Å². The summed E-state index contributed by atoms with van der Waals surface area (Å²) in [5.41, 5.74) is 2.17. The van der Waals surface area contributed by atoms with Crippen molar-refractivity contribution in [2.45, 2.75) is 45.8 Å². The summed E-state index contributed by atoms with van der Waals surface area (Å²) in [5, 5.41) is 0. The van der Waals surface area contributed by atoms with Crippen LogP contribution in [0, 0.1) is 3.57 Å². The standard InChI is InChI=1S/C15H20INO2/c1-10-11-6-5-7-13(16)12(11)8-9-17(10)14(18)19-15(2,3)4/h5-7,10H,8-9H2,1-4H3. The molecule has 2 rings (SSSR count). The normalized spacial score (nSPS) is 19.0. The lowest BCUT2D eigenvalue weighted by molar-refractivity contribution is 0.0159. The fraction of sp³-hybridized carbons (Fsp3) is 0.533. The van der Waals surface area contributed by atoms with Crippen molar-refractivity contribution >= 4 is 28.7 Å². The molecule has 1 unspecified atom stereocenters. The molecule has 1 aromatic carbocycles. The molecule has 1 amide bonds. The van der Waals surface area contributed by atoms with Crippen LogP contribution in [0.5, 0.6) is 0 Å². The van der Waals surface area contributed by atoms with Gasteiger partial charge in [-0.3, -0.25) is 0 Å². The maximum Gasteiger partial charge on any atom is 0.410 e. The van der Waals surface area contributed by atoms with Gasteiger partial charge in [0, 0.05) is 10.1 Å². The van der Waals surface area contributed by atoms with Crippen LogP contribution in [-0.2, 0) is 11.2 Å². The number of carbonyl (C=O) groups is 1. The lowest BCUT2D eigenvalue weighted by Gasteiger charge is -2.36. The molecular formula is C15H20INO2. The lowest BCUT2D eigenvalue weighted by atomic mass is 9.94. The average Bonchev–Trinajstić information content (AvgIpc) is 2.28. The second-order valence-corrected chi connectivity index (χ2v) is 7.07. The molecule has 0 fully saturated rings. The van der Waals surface area contributed by atoms with Gasteiger partial charge in [0.2, 0.25) is 0 Å². The minimum absolute atomic E-state index is 0.0771. The van der Waals surface area contributed by atoms with Crippen molar-refractivity contribution in [3.63, 3.8) is 0 Å². The molecule has 0 bridgehead atoms. The maximum absolute atomic E-state index is 12.2. The fourth-order valence-corrected chi connectivity index (χ4v) is 3.18. The highest BCUT2D eigenvalue weighted by atomic mass is 127. The quantitative estimate of drug-likeness (QED) is 0.640. The van der Waals surface area contributed by atoms with Gasteiger partial charge < -0.3 is 9.64 Å². The molecular weight excluding hydrogens is 353 g/mol. The van der Waals surface area contributed by atoms with Crippen LogP contribution in [0.1, 0.15) is 44.9 Å². The lowest BCUT2D eigenvalue weighted by Crippen LogP contribution is -2.42. The van der Waals surface area contributed by atoms with E-state index < -0.39 is 5.60 Å². The predicted molar refractivity (Wildman–Crippen MR) is 84.2 cm³/mol. The molecule has 19 heavy (non-hydrogen) atoms. The van der Waals surface area contributed by atoms with Gasteiger partial charge >= 0.3 is 6.09 Å². The Hall–Kier alpha value is -0.780. The van der Waals surface area contributed by atoms with E-state index in [2.05, 4.69) is 47.7 Å². The molecule has 0 saturated carbocycles. The molecule has 1 heterocycles. The summed E-state index contributed by atoms with van der Waals surface area (Å²) in [6.45, 7) is 8.49. The average molecular weight is 373 g/mol. The SMILES string of the molecule is CC1c2cccc(I)c2CCN1C(=O)OC(C)(C)C. The molecule has 1 aromatic rings. The van der Waals surface area contributed by atoms with E-state index >= 15 is 0 Å². The van der Waals surface area contributed by atoms with Gasteiger partial charge in [-0.05, 0) is 73.9 Å². The number of carbonyl (C=O) groups excluding carboxylic acids is 1. The first-order valence-corrected chi connectivity index (χ1v) is 7.64. The van der Waals surface area contributed by atoms with Crippen molar-refractivity contribution < 1.29 is 9.53 Å². The van der Waals surface area contributed by atoms with Gasteiger partial charge in [0.25, 0.3) is 0 Å². The van der Waals surface area contributed by atoms with E-state index in [0.717, 1.165) is 13.0 Å². The summed E-state index contributed by atoms with van der Waals surface area (Å²) in [4.78, 5) is 14.0. The molecule has 1 aliphatic heterocycles. The molecule has 104 valence electrons. The maximum atomic E-state index is 12.2. The van der Waals surface area contributed by atoms with Gasteiger partial charge in [0.05, 0.1) is 6.04 Å². The van der Waals surface area contributed by atoms with Crippen molar-refractivity contribution in [3.8, 4) is 0 Å². The third-order valence-electron chi connectivity index (χ3n) is 3.30. The zero-order chi connectivity index (χ0) is 14.2. The summed E-state index contributed by atoms with van der Waals surface area (Å²) < 4.78 is 6.76. The van der Waals surface area contributed by atoms with Gasteiger partial charge in [-0.15, -0.1) is 0 Å². The van der Waals surface area contributed by atoms with Crippen LogP contribution >= 0.6 is 22.6 Å². The van der Waals surface area contributed by atoms with Crippen LogP contribution in [0.4, 0.5) is 4.79 Å². The molecule has 0 N–H and O–H groups in total. The Morgan fingerprint density at radius 3 is 2.74 bits per heavy atom. The largest absolute Gasteiger partial charge is 0.444 e. The Labute approximate surface area is 128 Å². The summed E-state index contributed by atoms with van der Waals surface area (Å²) in [7, 11) is 0. The van der Waals surface area contributed by atoms with Crippen molar-refractivity contribution in [2.75, 3.05) is 6.54 Å². The molecule has 0 aromatic heterocycles. The Morgan fingerprint density at radius 1 is 1.42 bits per heavy atom. The summed E-state index contributed by atoms with van der Waals surface area (Å²) in [6.07, 6.45) is 0.683. The minimum Gasteiger partial charge on any atom is -0.444 e. The fourth-order valence-electron chi connectivity index (χ4n) is 2.39. The Balaban J connectivity index is 2.22. The van der Waals surface area contributed by atoms with Crippen molar-refractivity contribution in [3.05, 3.63) is 32.9 Å². The van der Waals surface area contributed by atoms with Crippen LogP contribution in [0.15, 0.2) is 18.2 Å². The molecule has 3 nitrogen and oxygen atoms in total. The molecule has 1 aliphatic rings. The van der Waals surface area contributed by atoms with Crippen LogP contribution < -0.4 is 0 Å². The molecule has 0 radical (unpaired) electrons. The number of benzene rings is 1. The monoisotopic (exact) mass is 373 g/mol. The number of rotatable bonds is 0. The van der Waals surface area contributed by atoms with Gasteiger partial charge in [-0.25, -0.2) is 4.79 Å². The number of hydrogen-bond acceptors (Lipinski definition) is 2. The molecule has 4 heteroatoms. The first-order valence-electron chi connectivity index (χ1n) is 6.56. The third kappa shape index (κ3) is 3.22. The van der Waals surface area contributed by atoms with Crippen LogP contribution in [-0.4, -0.2) is 23.1 Å². The number of amides is 1. The minimum atomic E-state index is -0.442. The Morgan fingerprint density at radius 2 is 2.11 bits per heavy atom. The molecule has 0 aliphatic carbocycles. The van der Waals surface area contributed by atoms with E-state index in [1.165, 1.54) is 14.7 Å². The molecule has 0 spiro atoms. The van der Waals surface area contributed by atoms with E-state index in [1.807, 2.05) is 25.7 Å². The van der Waals surface area contributed by atoms with Crippen molar-refractivity contribution in [1.82, 2.24) is 4.90 Å². The topological polar surface area (TPSA) is 29.5 Å². The van der Waals surface area contributed by atoms with E-state index in [-0.39, 0.29) is 12.1 Å². The zero-order valence-corrected chi connectivity index (χ0v) is 14.0. The van der Waals surface area contributed by atoms with E-state index in [1.54, 1.807) is 0 Å². The van der Waals surface area contributed by atoms with Gasteiger partial charge in [-0.1, -0.05) is 12.1 Å². The van der Waals surface area contributed by atoms with Gasteiger partial charge in [0.15, 0.2) is 0 Å². The van der Waals surface area contributed by atoms with Crippen LogP contribution in [0.2, 0.25) is 0 Å². The second-order valence-electron chi connectivity index (χ2n) is 5.91. The summed E-state index contributed by atoms with van der Waals surface area (Å²) in [5.74, 6) is 0. The molecule has 1 atom stereocenters. The van der Waals surface area contributed by atoms with Gasteiger partial charge in [0.1, 0.15) is 5.60 Å². The number of ether oxygens (including phenoxy) is 1. The zero-order valence-electron chi connectivity index (χ0n) is 11.9. The van der Waals surface area contributed by atoms with Crippen molar-refractivity contribution in [2.24, 2.45) is 0 Å². The van der Waals surface area contributed by atoms with E-state index in [0.29, 0.717) is 0 Å². The Kier molecular flexibility index (Phi) is 4.08. The van der Waals surface area contributed by atoms with Crippen LogP contribution in [0.25, 0.3) is 0 Å². The summed E-state index contributed by atoms with van der Waals surface area (Å²) >= 11 is 2.37. The number of hydrogen-bond donors (Lipinski definition) is 0.